The van der Waals surface area contributed by atoms with E-state index in [0.29, 0.717) is 17.7 Å². The van der Waals surface area contributed by atoms with Crippen LogP contribution in [0.15, 0.2) is 0 Å². The number of nitrogens with zero attached hydrogens (tertiary/aromatic N) is 1. The van der Waals surface area contributed by atoms with E-state index in [1.807, 2.05) is 0 Å². The highest BCUT2D eigenvalue weighted by Gasteiger charge is 2.46. The van der Waals surface area contributed by atoms with E-state index >= 15 is 0 Å². The van der Waals surface area contributed by atoms with E-state index in [1.165, 1.54) is 32.2 Å². The quantitative estimate of drug-likeness (QED) is 0.845. The lowest BCUT2D eigenvalue weighted by atomic mass is 9.88. The molecule has 2 heterocycles. The van der Waals surface area contributed by atoms with Gasteiger partial charge in [-0.25, -0.2) is 0 Å². The Morgan fingerprint density at radius 1 is 1.32 bits per heavy atom. The fourth-order valence-electron chi connectivity index (χ4n) is 3.96. The van der Waals surface area contributed by atoms with Gasteiger partial charge in [-0.05, 0) is 44.4 Å². The van der Waals surface area contributed by atoms with Gasteiger partial charge in [0.2, 0.25) is 0 Å². The molecule has 3 rings (SSSR count). The van der Waals surface area contributed by atoms with Crippen LogP contribution in [0.1, 0.15) is 46.5 Å². The Hall–Kier alpha value is -0.120. The average Bonchev–Trinajstić information content (AvgIpc) is 3.10. The van der Waals surface area contributed by atoms with Crippen molar-refractivity contribution in [2.45, 2.75) is 64.1 Å². The van der Waals surface area contributed by atoms with Crippen molar-refractivity contribution in [3.63, 3.8) is 0 Å². The van der Waals surface area contributed by atoms with E-state index < -0.39 is 0 Å². The molecule has 2 aliphatic heterocycles. The summed E-state index contributed by atoms with van der Waals surface area (Å²) in [6.45, 7) is 11.6. The van der Waals surface area contributed by atoms with Crippen molar-refractivity contribution in [3.8, 4) is 0 Å². The summed E-state index contributed by atoms with van der Waals surface area (Å²) in [6, 6.07) is 0.677. The van der Waals surface area contributed by atoms with Crippen molar-refractivity contribution in [1.82, 2.24) is 10.2 Å². The zero-order valence-corrected chi connectivity index (χ0v) is 12.8. The molecule has 0 aromatic rings. The van der Waals surface area contributed by atoms with Crippen molar-refractivity contribution < 1.29 is 4.74 Å². The number of ether oxygens (including phenoxy) is 1. The van der Waals surface area contributed by atoms with E-state index in [0.717, 1.165) is 31.5 Å². The van der Waals surface area contributed by atoms with Gasteiger partial charge in [0, 0.05) is 37.8 Å². The molecule has 0 radical (unpaired) electrons. The predicted octanol–water partition coefficient (Wildman–Crippen LogP) is 2.26. The molecule has 19 heavy (non-hydrogen) atoms. The Bertz CT molecular complexity index is 310. The summed E-state index contributed by atoms with van der Waals surface area (Å²) in [5.74, 6) is 1.63. The fourth-order valence-corrected chi connectivity index (χ4v) is 3.96. The van der Waals surface area contributed by atoms with Crippen LogP contribution in [0.5, 0.6) is 0 Å². The predicted molar refractivity (Wildman–Crippen MR) is 78.3 cm³/mol. The smallest absolute Gasteiger partial charge is 0.0702 e. The zero-order chi connectivity index (χ0) is 13.5. The summed E-state index contributed by atoms with van der Waals surface area (Å²) >= 11 is 0. The van der Waals surface area contributed by atoms with E-state index in [-0.39, 0.29) is 0 Å². The normalized spacial score (nSPS) is 41.1. The van der Waals surface area contributed by atoms with Gasteiger partial charge in [-0.3, -0.25) is 4.90 Å². The maximum Gasteiger partial charge on any atom is 0.0702 e. The minimum Gasteiger partial charge on any atom is -0.377 e. The first-order valence-electron chi connectivity index (χ1n) is 8.19. The molecule has 1 saturated carbocycles. The zero-order valence-electron chi connectivity index (χ0n) is 12.8. The van der Waals surface area contributed by atoms with Crippen LogP contribution in [0.4, 0.5) is 0 Å². The fraction of sp³-hybridized carbons (Fsp3) is 1.00. The van der Waals surface area contributed by atoms with Crippen LogP contribution in [0, 0.1) is 11.8 Å². The molecule has 110 valence electrons. The van der Waals surface area contributed by atoms with Crippen LogP contribution in [0.3, 0.4) is 0 Å². The first-order valence-corrected chi connectivity index (χ1v) is 8.19. The molecule has 1 aliphatic carbocycles. The maximum atomic E-state index is 5.87. The van der Waals surface area contributed by atoms with Gasteiger partial charge in [-0.1, -0.05) is 13.8 Å². The SMILES string of the molecule is CC(C)C1CNC(C)(C2CC2)CN1CC1CCCO1. The summed E-state index contributed by atoms with van der Waals surface area (Å²) in [6.07, 6.45) is 5.84. The molecule has 3 fully saturated rings. The highest BCUT2D eigenvalue weighted by atomic mass is 16.5. The highest BCUT2D eigenvalue weighted by molar-refractivity contribution is 5.04. The second-order valence-electron chi connectivity index (χ2n) is 7.45. The van der Waals surface area contributed by atoms with Crippen LogP contribution in [0.2, 0.25) is 0 Å². The average molecular weight is 266 g/mol. The van der Waals surface area contributed by atoms with E-state index in [9.17, 15) is 0 Å². The van der Waals surface area contributed by atoms with Crippen molar-refractivity contribution in [3.05, 3.63) is 0 Å². The molecule has 3 unspecified atom stereocenters. The molecule has 3 atom stereocenters. The van der Waals surface area contributed by atoms with Gasteiger partial charge in [0.05, 0.1) is 6.10 Å². The summed E-state index contributed by atoms with van der Waals surface area (Å²) in [5, 5.41) is 3.86. The van der Waals surface area contributed by atoms with Crippen LogP contribution in [-0.2, 0) is 4.74 Å². The van der Waals surface area contributed by atoms with Gasteiger partial charge in [0.1, 0.15) is 0 Å². The Labute approximate surface area is 118 Å². The van der Waals surface area contributed by atoms with E-state index in [1.54, 1.807) is 0 Å². The molecule has 0 aromatic heterocycles. The highest BCUT2D eigenvalue weighted by Crippen LogP contribution is 2.41. The molecule has 3 aliphatic rings. The largest absolute Gasteiger partial charge is 0.377 e. The van der Waals surface area contributed by atoms with Crippen molar-refractivity contribution in [2.24, 2.45) is 11.8 Å². The second kappa shape index (κ2) is 5.34. The molecule has 0 bridgehead atoms. The summed E-state index contributed by atoms with van der Waals surface area (Å²) in [7, 11) is 0. The standard InChI is InChI=1S/C16H30N2O/c1-12(2)15-9-17-16(3,13-6-7-13)11-18(15)10-14-5-4-8-19-14/h12-15,17H,4-11H2,1-3H3. The lowest BCUT2D eigenvalue weighted by Gasteiger charge is -2.48. The lowest BCUT2D eigenvalue weighted by molar-refractivity contribution is 0.00497. The lowest BCUT2D eigenvalue weighted by Crippen LogP contribution is -2.65. The minimum absolute atomic E-state index is 0.351. The Morgan fingerprint density at radius 3 is 2.68 bits per heavy atom. The van der Waals surface area contributed by atoms with Crippen LogP contribution in [-0.4, -0.2) is 48.8 Å². The maximum absolute atomic E-state index is 5.87. The number of piperazine rings is 1. The molecule has 1 N–H and O–H groups in total. The summed E-state index contributed by atoms with van der Waals surface area (Å²) in [5.41, 5.74) is 0.351. The third-order valence-corrected chi connectivity index (χ3v) is 5.43. The monoisotopic (exact) mass is 266 g/mol. The molecular weight excluding hydrogens is 236 g/mol. The Balaban J connectivity index is 1.66. The number of hydrogen-bond acceptors (Lipinski definition) is 3. The van der Waals surface area contributed by atoms with Gasteiger partial charge in [-0.2, -0.15) is 0 Å². The first-order chi connectivity index (χ1) is 9.08. The van der Waals surface area contributed by atoms with Crippen LogP contribution < -0.4 is 5.32 Å². The third kappa shape index (κ3) is 2.98. The first kappa shape index (κ1) is 13.8. The third-order valence-electron chi connectivity index (χ3n) is 5.43. The van der Waals surface area contributed by atoms with Crippen molar-refractivity contribution in [2.75, 3.05) is 26.2 Å². The Morgan fingerprint density at radius 2 is 2.11 bits per heavy atom. The molecule has 3 nitrogen and oxygen atoms in total. The minimum atomic E-state index is 0.351. The van der Waals surface area contributed by atoms with Crippen LogP contribution in [0.25, 0.3) is 0 Å². The van der Waals surface area contributed by atoms with Gasteiger partial charge < -0.3 is 10.1 Å². The second-order valence-corrected chi connectivity index (χ2v) is 7.45. The van der Waals surface area contributed by atoms with Crippen molar-refractivity contribution >= 4 is 0 Å². The van der Waals surface area contributed by atoms with Gasteiger partial charge in [-0.15, -0.1) is 0 Å². The van der Waals surface area contributed by atoms with Gasteiger partial charge in [0.25, 0.3) is 0 Å². The number of hydrogen-bond donors (Lipinski definition) is 1. The Kier molecular flexibility index (Phi) is 3.89. The van der Waals surface area contributed by atoms with E-state index in [2.05, 4.69) is 31.0 Å². The molecule has 0 amide bonds. The summed E-state index contributed by atoms with van der Waals surface area (Å²) < 4.78 is 5.87. The van der Waals surface area contributed by atoms with Gasteiger partial charge >= 0.3 is 0 Å². The number of rotatable bonds is 4. The van der Waals surface area contributed by atoms with Crippen LogP contribution >= 0.6 is 0 Å². The molecule has 3 heteroatoms. The topological polar surface area (TPSA) is 24.5 Å². The molecular formula is C16H30N2O. The van der Waals surface area contributed by atoms with E-state index in [4.69, 9.17) is 4.74 Å². The summed E-state index contributed by atoms with van der Waals surface area (Å²) in [4.78, 5) is 2.73. The van der Waals surface area contributed by atoms with Gasteiger partial charge in [0.15, 0.2) is 0 Å². The van der Waals surface area contributed by atoms with Crippen molar-refractivity contribution in [1.29, 1.82) is 0 Å². The molecule has 0 spiro atoms. The number of nitrogens with one attached hydrogen (secondary N) is 1. The molecule has 0 aromatic carbocycles. The molecule has 2 saturated heterocycles.